The quantitative estimate of drug-likeness (QED) is 0.313. The number of sulfonamides is 1. The maximum atomic E-state index is 13.5. The van der Waals surface area contributed by atoms with E-state index in [1.807, 2.05) is 51.1 Å². The van der Waals surface area contributed by atoms with Crippen molar-refractivity contribution in [2.75, 3.05) is 23.1 Å². The van der Waals surface area contributed by atoms with Gasteiger partial charge in [-0.15, -0.1) is 0 Å². The molecule has 0 aliphatic rings. The number of amides is 1. The molecule has 5 nitrogen and oxygen atoms in total. The lowest BCUT2D eigenvalue weighted by atomic mass is 10.1. The lowest BCUT2D eigenvalue weighted by molar-refractivity contribution is -0.119. The third-order valence-corrected chi connectivity index (χ3v) is 8.64. The van der Waals surface area contributed by atoms with E-state index in [1.165, 1.54) is 4.31 Å². The summed E-state index contributed by atoms with van der Waals surface area (Å²) in [5, 5.41) is 3.63. The van der Waals surface area contributed by atoms with Crippen LogP contribution < -0.4 is 9.62 Å². The molecule has 1 N–H and O–H groups in total. The largest absolute Gasteiger partial charge is 0.354 e. The molecule has 0 fully saturated rings. The van der Waals surface area contributed by atoms with Gasteiger partial charge in [0.15, 0.2) is 0 Å². The average Bonchev–Trinajstić information content (AvgIpc) is 2.80. The summed E-state index contributed by atoms with van der Waals surface area (Å²) in [5.41, 5.74) is 4.40. The van der Waals surface area contributed by atoms with E-state index in [4.69, 9.17) is 11.6 Å². The Morgan fingerprint density at radius 3 is 2.26 bits per heavy atom. The molecule has 3 aromatic carbocycles. The Kier molecular flexibility index (Phi) is 9.66. The van der Waals surface area contributed by atoms with Crippen LogP contribution in [-0.4, -0.2) is 33.2 Å². The fraction of sp³-hybridized carbons (Fsp3) is 0.296. The van der Waals surface area contributed by atoms with Crippen LogP contribution >= 0.6 is 23.4 Å². The summed E-state index contributed by atoms with van der Waals surface area (Å²) in [6.45, 7) is 5.91. The monoisotopic (exact) mass is 530 g/mol. The van der Waals surface area contributed by atoms with E-state index < -0.39 is 10.0 Å². The SMILES string of the molecule is Cc1ccc(S(=O)(=O)N(CC(=O)NCCCSCc2ccccc2Cl)c2cc(C)cc(C)c2)cc1. The Balaban J connectivity index is 1.63. The molecule has 35 heavy (non-hydrogen) atoms. The topological polar surface area (TPSA) is 66.5 Å². The Morgan fingerprint density at radius 1 is 0.943 bits per heavy atom. The minimum Gasteiger partial charge on any atom is -0.354 e. The van der Waals surface area contributed by atoms with Crippen molar-refractivity contribution in [2.24, 2.45) is 0 Å². The van der Waals surface area contributed by atoms with Crippen LogP contribution in [0, 0.1) is 20.8 Å². The molecule has 0 heterocycles. The van der Waals surface area contributed by atoms with Crippen molar-refractivity contribution in [1.82, 2.24) is 5.32 Å². The first-order valence-electron chi connectivity index (χ1n) is 11.4. The third-order valence-electron chi connectivity index (χ3n) is 5.39. The van der Waals surface area contributed by atoms with Crippen molar-refractivity contribution in [3.63, 3.8) is 0 Å². The van der Waals surface area contributed by atoms with Gasteiger partial charge in [0.25, 0.3) is 10.0 Å². The number of nitrogens with zero attached hydrogens (tertiary/aromatic N) is 1. The lowest BCUT2D eigenvalue weighted by Gasteiger charge is -2.25. The number of hydrogen-bond donors (Lipinski definition) is 1. The van der Waals surface area contributed by atoms with Crippen LogP contribution in [0.3, 0.4) is 0 Å². The fourth-order valence-corrected chi connectivity index (χ4v) is 6.28. The number of benzene rings is 3. The molecule has 3 aromatic rings. The Morgan fingerprint density at radius 2 is 1.60 bits per heavy atom. The first-order valence-corrected chi connectivity index (χ1v) is 14.4. The normalized spacial score (nSPS) is 11.3. The number of aryl methyl sites for hydroxylation is 3. The molecule has 186 valence electrons. The minimum absolute atomic E-state index is 0.158. The second-order valence-electron chi connectivity index (χ2n) is 8.52. The Hall–Kier alpha value is -2.48. The average molecular weight is 531 g/mol. The van der Waals surface area contributed by atoms with Crippen molar-refractivity contribution in [3.05, 3.63) is 94.0 Å². The third kappa shape index (κ3) is 7.75. The van der Waals surface area contributed by atoms with Gasteiger partial charge in [-0.25, -0.2) is 8.42 Å². The van der Waals surface area contributed by atoms with Crippen molar-refractivity contribution in [1.29, 1.82) is 0 Å². The summed E-state index contributed by atoms with van der Waals surface area (Å²) in [5.74, 6) is 1.33. The number of thioether (sulfide) groups is 1. The summed E-state index contributed by atoms with van der Waals surface area (Å²) in [7, 11) is -3.92. The molecule has 1 amide bonds. The molecule has 0 aliphatic heterocycles. The van der Waals surface area contributed by atoms with Crippen molar-refractivity contribution < 1.29 is 13.2 Å². The molecule has 0 aliphatic carbocycles. The predicted molar refractivity (Wildman–Crippen MR) is 147 cm³/mol. The highest BCUT2D eigenvalue weighted by atomic mass is 35.5. The van der Waals surface area contributed by atoms with Crippen LogP contribution in [0.4, 0.5) is 5.69 Å². The standard InChI is InChI=1S/C27H31ClN2O3S2/c1-20-9-11-25(12-10-20)35(32,33)30(24-16-21(2)15-22(3)17-24)18-27(31)29-13-6-14-34-19-23-7-4-5-8-26(23)28/h4-5,7-12,15-17H,6,13-14,18-19H2,1-3H3,(H,29,31). The smallest absolute Gasteiger partial charge is 0.264 e. The van der Waals surface area contributed by atoms with Crippen LogP contribution in [0.5, 0.6) is 0 Å². The Bertz CT molecular complexity index is 1240. The lowest BCUT2D eigenvalue weighted by Crippen LogP contribution is -2.41. The van der Waals surface area contributed by atoms with E-state index >= 15 is 0 Å². The molecule has 0 radical (unpaired) electrons. The van der Waals surface area contributed by atoms with Gasteiger partial charge < -0.3 is 5.32 Å². The molecule has 0 saturated carbocycles. The summed E-state index contributed by atoms with van der Waals surface area (Å²) in [4.78, 5) is 12.9. The van der Waals surface area contributed by atoms with Crippen LogP contribution in [0.15, 0.2) is 71.6 Å². The van der Waals surface area contributed by atoms with Crippen molar-refractivity contribution >= 4 is 45.0 Å². The van der Waals surface area contributed by atoms with Gasteiger partial charge in [0.2, 0.25) is 5.91 Å². The van der Waals surface area contributed by atoms with Gasteiger partial charge >= 0.3 is 0 Å². The molecular formula is C27H31ClN2O3S2. The molecule has 0 unspecified atom stereocenters. The summed E-state index contributed by atoms with van der Waals surface area (Å²) in [6, 6.07) is 20.0. The van der Waals surface area contributed by atoms with E-state index in [9.17, 15) is 13.2 Å². The number of halogens is 1. The maximum Gasteiger partial charge on any atom is 0.264 e. The van der Waals surface area contributed by atoms with Gasteiger partial charge in [-0.05, 0) is 80.0 Å². The number of carbonyl (C=O) groups excluding carboxylic acids is 1. The molecule has 0 saturated heterocycles. The molecular weight excluding hydrogens is 500 g/mol. The number of hydrogen-bond acceptors (Lipinski definition) is 4. The molecule has 0 atom stereocenters. The summed E-state index contributed by atoms with van der Waals surface area (Å²) >= 11 is 7.94. The zero-order chi connectivity index (χ0) is 25.4. The van der Waals surface area contributed by atoms with E-state index in [0.717, 1.165) is 45.2 Å². The first kappa shape index (κ1) is 27.1. The highest BCUT2D eigenvalue weighted by molar-refractivity contribution is 7.98. The predicted octanol–water partition coefficient (Wildman–Crippen LogP) is 5.90. The summed E-state index contributed by atoms with van der Waals surface area (Å²) < 4.78 is 28.2. The van der Waals surface area contributed by atoms with Crippen LogP contribution in [0.25, 0.3) is 0 Å². The molecule has 3 rings (SSSR count). The van der Waals surface area contributed by atoms with Crippen molar-refractivity contribution in [3.8, 4) is 0 Å². The molecule has 0 bridgehead atoms. The minimum atomic E-state index is -3.92. The Labute approximate surface area is 217 Å². The van der Waals surface area contributed by atoms with Crippen LogP contribution in [0.2, 0.25) is 5.02 Å². The van der Waals surface area contributed by atoms with Gasteiger partial charge in [-0.3, -0.25) is 9.10 Å². The van der Waals surface area contributed by atoms with Gasteiger partial charge in [-0.2, -0.15) is 11.8 Å². The first-order chi connectivity index (χ1) is 16.7. The number of anilines is 1. The molecule has 0 aromatic heterocycles. The highest BCUT2D eigenvalue weighted by Gasteiger charge is 2.27. The molecule has 8 heteroatoms. The van der Waals surface area contributed by atoms with Crippen LogP contribution in [0.1, 0.15) is 28.7 Å². The van der Waals surface area contributed by atoms with Gasteiger partial charge in [0.05, 0.1) is 10.6 Å². The van der Waals surface area contributed by atoms with E-state index in [2.05, 4.69) is 5.32 Å². The number of nitrogens with one attached hydrogen (secondary N) is 1. The highest BCUT2D eigenvalue weighted by Crippen LogP contribution is 2.26. The van der Waals surface area contributed by atoms with Crippen molar-refractivity contribution in [2.45, 2.75) is 37.8 Å². The fourth-order valence-electron chi connectivity index (χ4n) is 3.63. The van der Waals surface area contributed by atoms with Crippen LogP contribution in [-0.2, 0) is 20.6 Å². The number of carbonyl (C=O) groups is 1. The maximum absolute atomic E-state index is 13.5. The van der Waals surface area contributed by atoms with Gasteiger partial charge in [0, 0.05) is 17.3 Å². The zero-order valence-electron chi connectivity index (χ0n) is 20.3. The zero-order valence-corrected chi connectivity index (χ0v) is 22.6. The number of rotatable bonds is 11. The summed E-state index contributed by atoms with van der Waals surface area (Å²) in [6.07, 6.45) is 0.773. The van der Waals surface area contributed by atoms with E-state index in [-0.39, 0.29) is 17.3 Å². The van der Waals surface area contributed by atoms with Gasteiger partial charge in [0.1, 0.15) is 6.54 Å². The molecule has 0 spiro atoms. The second kappa shape index (κ2) is 12.5. The van der Waals surface area contributed by atoms with E-state index in [0.29, 0.717) is 12.2 Å². The second-order valence-corrected chi connectivity index (χ2v) is 11.9. The van der Waals surface area contributed by atoms with E-state index in [1.54, 1.807) is 48.2 Å². The van der Waals surface area contributed by atoms with Gasteiger partial charge in [-0.1, -0.05) is 53.6 Å².